The van der Waals surface area contributed by atoms with E-state index in [1.807, 2.05) is 0 Å². The summed E-state index contributed by atoms with van der Waals surface area (Å²) in [5.74, 6) is -0.971. The normalized spacial score (nSPS) is 25.3. The van der Waals surface area contributed by atoms with Crippen LogP contribution < -0.4 is 5.32 Å². The lowest BCUT2D eigenvalue weighted by Crippen LogP contribution is -2.58. The van der Waals surface area contributed by atoms with Crippen LogP contribution in [0, 0.1) is 11.6 Å². The van der Waals surface area contributed by atoms with Gasteiger partial charge >= 0.3 is 0 Å². The van der Waals surface area contributed by atoms with Crippen molar-refractivity contribution in [3.8, 4) is 0 Å². The summed E-state index contributed by atoms with van der Waals surface area (Å²) in [5.41, 5.74) is 0.658. The summed E-state index contributed by atoms with van der Waals surface area (Å²) in [7, 11) is 0. The topological polar surface area (TPSA) is 15.3 Å². The van der Waals surface area contributed by atoms with E-state index in [2.05, 4.69) is 24.1 Å². The van der Waals surface area contributed by atoms with Gasteiger partial charge in [-0.2, -0.15) is 0 Å². The maximum atomic E-state index is 13.6. The first-order valence-corrected chi connectivity index (χ1v) is 6.44. The van der Waals surface area contributed by atoms with Crippen molar-refractivity contribution in [1.82, 2.24) is 10.2 Å². The number of piperazine rings is 1. The highest BCUT2D eigenvalue weighted by Gasteiger charge is 2.28. The molecule has 2 nitrogen and oxygen atoms in total. The third-order valence-electron chi connectivity index (χ3n) is 3.74. The Bertz CT molecular complexity index is 422. The molecule has 100 valence electrons. The summed E-state index contributed by atoms with van der Waals surface area (Å²) in [4.78, 5) is 2.22. The van der Waals surface area contributed by atoms with E-state index in [-0.39, 0.29) is 5.54 Å². The van der Waals surface area contributed by atoms with Crippen LogP contribution in [0.25, 0.3) is 0 Å². The van der Waals surface area contributed by atoms with Gasteiger partial charge < -0.3 is 5.32 Å². The Kier molecular flexibility index (Phi) is 3.97. The maximum absolute atomic E-state index is 13.6. The Labute approximate surface area is 107 Å². The minimum Gasteiger partial charge on any atom is -0.309 e. The second-order valence-electron chi connectivity index (χ2n) is 5.29. The number of benzene rings is 1. The van der Waals surface area contributed by atoms with Crippen molar-refractivity contribution >= 4 is 0 Å². The molecule has 1 unspecified atom stereocenters. The fraction of sp³-hybridized carbons (Fsp3) is 0.571. The number of nitrogens with zero attached hydrogens (tertiary/aromatic N) is 1. The van der Waals surface area contributed by atoms with Gasteiger partial charge in [0.1, 0.15) is 11.6 Å². The van der Waals surface area contributed by atoms with Crippen LogP contribution in [0.5, 0.6) is 0 Å². The van der Waals surface area contributed by atoms with Gasteiger partial charge in [-0.3, -0.25) is 4.90 Å². The molecule has 1 aliphatic heterocycles. The van der Waals surface area contributed by atoms with Gasteiger partial charge in [-0.1, -0.05) is 13.0 Å². The Hall–Kier alpha value is -1.00. The van der Waals surface area contributed by atoms with Crippen molar-refractivity contribution in [2.24, 2.45) is 0 Å². The summed E-state index contributed by atoms with van der Waals surface area (Å²) < 4.78 is 26.4. The molecule has 4 heteroatoms. The van der Waals surface area contributed by atoms with Gasteiger partial charge in [0.2, 0.25) is 0 Å². The van der Waals surface area contributed by atoms with E-state index >= 15 is 0 Å². The zero-order valence-electron chi connectivity index (χ0n) is 11.0. The van der Waals surface area contributed by atoms with Gasteiger partial charge in [0, 0.05) is 43.3 Å². The van der Waals surface area contributed by atoms with Gasteiger partial charge in [-0.25, -0.2) is 8.78 Å². The van der Waals surface area contributed by atoms with Crippen LogP contribution in [0.2, 0.25) is 0 Å². The molecule has 1 heterocycles. The summed E-state index contributed by atoms with van der Waals surface area (Å²) in [6, 6.07) is 3.81. The van der Waals surface area contributed by atoms with Crippen molar-refractivity contribution in [3.05, 3.63) is 35.4 Å². The van der Waals surface area contributed by atoms with E-state index in [0.29, 0.717) is 12.1 Å². The highest BCUT2D eigenvalue weighted by molar-refractivity contribution is 5.18. The van der Waals surface area contributed by atoms with Crippen molar-refractivity contribution < 1.29 is 8.78 Å². The number of hydrogen-bond acceptors (Lipinski definition) is 2. The number of hydrogen-bond donors (Lipinski definition) is 1. The van der Waals surface area contributed by atoms with Crippen LogP contribution in [0.3, 0.4) is 0 Å². The van der Waals surface area contributed by atoms with Crippen LogP contribution in [0.4, 0.5) is 8.78 Å². The van der Waals surface area contributed by atoms with Gasteiger partial charge in [-0.05, 0) is 19.4 Å². The van der Waals surface area contributed by atoms with Gasteiger partial charge in [0.05, 0.1) is 0 Å². The minimum absolute atomic E-state index is 0.0920. The molecule has 0 spiro atoms. The molecule has 1 N–H and O–H groups in total. The van der Waals surface area contributed by atoms with Crippen molar-refractivity contribution in [1.29, 1.82) is 0 Å². The fourth-order valence-corrected chi connectivity index (χ4v) is 2.41. The standard InChI is InChI=1S/C14H20F2N2/c1-3-14(2)10-18(7-6-17-14)9-11-4-5-12(15)8-13(11)16/h4-5,8,17H,3,6-7,9-10H2,1-2H3. The fourth-order valence-electron chi connectivity index (χ4n) is 2.41. The molecule has 1 saturated heterocycles. The number of rotatable bonds is 3. The zero-order valence-corrected chi connectivity index (χ0v) is 11.0. The van der Waals surface area contributed by atoms with E-state index in [9.17, 15) is 8.78 Å². The molecule has 1 atom stereocenters. The third-order valence-corrected chi connectivity index (χ3v) is 3.74. The molecule has 0 aromatic heterocycles. The molecule has 0 bridgehead atoms. The quantitative estimate of drug-likeness (QED) is 0.891. The Morgan fingerprint density at radius 3 is 2.83 bits per heavy atom. The Morgan fingerprint density at radius 1 is 1.39 bits per heavy atom. The molecule has 2 rings (SSSR count). The van der Waals surface area contributed by atoms with E-state index in [1.165, 1.54) is 12.1 Å². The molecule has 0 amide bonds. The minimum atomic E-state index is -0.519. The molecule has 18 heavy (non-hydrogen) atoms. The second-order valence-corrected chi connectivity index (χ2v) is 5.29. The van der Waals surface area contributed by atoms with Crippen LogP contribution in [0.1, 0.15) is 25.8 Å². The SMILES string of the molecule is CCC1(C)CN(Cc2ccc(F)cc2F)CCN1. The summed E-state index contributed by atoms with van der Waals surface area (Å²) in [6.07, 6.45) is 1.04. The van der Waals surface area contributed by atoms with Crippen molar-refractivity contribution in [2.75, 3.05) is 19.6 Å². The zero-order chi connectivity index (χ0) is 13.2. The van der Waals surface area contributed by atoms with E-state index in [1.54, 1.807) is 0 Å². The highest BCUT2D eigenvalue weighted by atomic mass is 19.1. The average molecular weight is 254 g/mol. The van der Waals surface area contributed by atoms with Crippen LogP contribution in [-0.4, -0.2) is 30.1 Å². The predicted molar refractivity (Wildman–Crippen MR) is 68.3 cm³/mol. The molecular formula is C14H20F2N2. The summed E-state index contributed by atoms with van der Waals surface area (Å²) >= 11 is 0. The van der Waals surface area contributed by atoms with E-state index < -0.39 is 11.6 Å². The molecule has 1 fully saturated rings. The predicted octanol–water partition coefficient (Wildman–Crippen LogP) is 2.54. The Balaban J connectivity index is 2.05. The van der Waals surface area contributed by atoms with Crippen LogP contribution >= 0.6 is 0 Å². The van der Waals surface area contributed by atoms with Gasteiger partial charge in [-0.15, -0.1) is 0 Å². The molecule has 0 radical (unpaired) electrons. The van der Waals surface area contributed by atoms with Crippen molar-refractivity contribution in [3.63, 3.8) is 0 Å². The molecule has 1 aliphatic rings. The van der Waals surface area contributed by atoms with Gasteiger partial charge in [0.25, 0.3) is 0 Å². The average Bonchev–Trinajstić information content (AvgIpc) is 2.33. The smallest absolute Gasteiger partial charge is 0.130 e. The van der Waals surface area contributed by atoms with Crippen LogP contribution in [-0.2, 0) is 6.54 Å². The van der Waals surface area contributed by atoms with E-state index in [4.69, 9.17) is 0 Å². The number of halogens is 2. The van der Waals surface area contributed by atoms with Gasteiger partial charge in [0.15, 0.2) is 0 Å². The first-order valence-electron chi connectivity index (χ1n) is 6.44. The largest absolute Gasteiger partial charge is 0.309 e. The molecule has 1 aromatic carbocycles. The summed E-state index contributed by atoms with van der Waals surface area (Å²) in [6.45, 7) is 7.57. The highest BCUT2D eigenvalue weighted by Crippen LogP contribution is 2.18. The number of nitrogens with one attached hydrogen (secondary N) is 1. The molecule has 1 aromatic rings. The van der Waals surface area contributed by atoms with Crippen LogP contribution in [0.15, 0.2) is 18.2 Å². The lowest BCUT2D eigenvalue weighted by atomic mass is 9.95. The third kappa shape index (κ3) is 3.06. The first-order chi connectivity index (χ1) is 8.52. The molecular weight excluding hydrogens is 234 g/mol. The Morgan fingerprint density at radius 2 is 2.17 bits per heavy atom. The lowest BCUT2D eigenvalue weighted by Gasteiger charge is -2.41. The monoisotopic (exact) mass is 254 g/mol. The maximum Gasteiger partial charge on any atom is 0.130 e. The second kappa shape index (κ2) is 5.33. The van der Waals surface area contributed by atoms with Crippen molar-refractivity contribution in [2.45, 2.75) is 32.4 Å². The molecule has 0 saturated carbocycles. The molecule has 0 aliphatic carbocycles. The lowest BCUT2D eigenvalue weighted by molar-refractivity contribution is 0.132. The first kappa shape index (κ1) is 13.4. The van der Waals surface area contributed by atoms with E-state index in [0.717, 1.165) is 32.1 Å². The summed E-state index contributed by atoms with van der Waals surface area (Å²) in [5, 5.41) is 3.49.